The van der Waals surface area contributed by atoms with Gasteiger partial charge in [0, 0.05) is 4.47 Å². The molecule has 0 saturated heterocycles. The third kappa shape index (κ3) is 1.03. The Kier molecular flexibility index (Phi) is 1.81. The molecule has 0 radical (unpaired) electrons. The van der Waals surface area contributed by atoms with Crippen LogP contribution in [0.2, 0.25) is 0 Å². The van der Waals surface area contributed by atoms with E-state index < -0.39 is 0 Å². The van der Waals surface area contributed by atoms with Crippen molar-refractivity contribution in [3.05, 3.63) is 32.5 Å². The molecule has 0 aliphatic carbocycles. The normalized spacial score (nSPS) is 10.8. The minimum Gasteiger partial charge on any atom is -0.277 e. The number of hydrogen-bond acceptors (Lipinski definition) is 2. The highest BCUT2D eigenvalue weighted by Gasteiger charge is 2.05. The van der Waals surface area contributed by atoms with Crippen LogP contribution in [0.25, 0.3) is 10.1 Å². The maximum absolute atomic E-state index is 11.2. The predicted octanol–water partition coefficient (Wildman–Crippen LogP) is 2.66. The Labute approximate surface area is 81.5 Å². The molecule has 0 unspecified atom stereocenters. The molecular weight excluding hydrogens is 238 g/mol. The van der Waals surface area contributed by atoms with Crippen LogP contribution in [0.3, 0.4) is 0 Å². The van der Waals surface area contributed by atoms with E-state index in [1.807, 2.05) is 19.1 Å². The molecule has 62 valence electrons. The quantitative estimate of drug-likeness (QED) is 0.759. The van der Waals surface area contributed by atoms with E-state index in [1.54, 1.807) is 0 Å². The third-order valence-electron chi connectivity index (χ3n) is 1.83. The number of hydrogen-bond donors (Lipinski definition) is 1. The van der Waals surface area contributed by atoms with E-state index in [0.29, 0.717) is 0 Å². The Balaban J connectivity index is 3.02. The lowest BCUT2D eigenvalue weighted by molar-refractivity contribution is 1.45. The fourth-order valence-corrected chi connectivity index (χ4v) is 2.43. The van der Waals surface area contributed by atoms with Gasteiger partial charge in [-0.05, 0) is 24.6 Å². The van der Waals surface area contributed by atoms with Gasteiger partial charge >= 0.3 is 0 Å². The van der Waals surface area contributed by atoms with Gasteiger partial charge in [-0.25, -0.2) is 0 Å². The summed E-state index contributed by atoms with van der Waals surface area (Å²) < 4.78 is 4.79. The van der Waals surface area contributed by atoms with E-state index >= 15 is 0 Å². The van der Waals surface area contributed by atoms with E-state index in [2.05, 4.69) is 20.3 Å². The summed E-state index contributed by atoms with van der Waals surface area (Å²) in [4.78, 5) is 11.2. The SMILES string of the molecule is Cc1c(Br)ccc2c(=O)[nH]sc12. The van der Waals surface area contributed by atoms with Crippen LogP contribution < -0.4 is 5.56 Å². The lowest BCUT2D eigenvalue weighted by Crippen LogP contribution is -1.95. The standard InChI is InChI=1S/C8H6BrNOS/c1-4-6(9)3-2-5-7(4)12-10-8(5)11/h2-3H,1H3,(H,10,11). The van der Waals surface area contributed by atoms with Gasteiger partial charge in [-0.1, -0.05) is 27.5 Å². The Morgan fingerprint density at radius 1 is 1.50 bits per heavy atom. The molecule has 1 N–H and O–H groups in total. The van der Waals surface area contributed by atoms with Crippen LogP contribution in [0.1, 0.15) is 5.56 Å². The zero-order valence-electron chi connectivity index (χ0n) is 6.35. The largest absolute Gasteiger partial charge is 0.277 e. The van der Waals surface area contributed by atoms with Crippen molar-refractivity contribution in [1.29, 1.82) is 0 Å². The van der Waals surface area contributed by atoms with Crippen molar-refractivity contribution in [2.45, 2.75) is 6.92 Å². The zero-order chi connectivity index (χ0) is 8.72. The number of aromatic nitrogens is 1. The molecule has 1 heterocycles. The molecule has 0 fully saturated rings. The van der Waals surface area contributed by atoms with Gasteiger partial charge in [-0.2, -0.15) is 0 Å². The molecular formula is C8H6BrNOS. The third-order valence-corrected chi connectivity index (χ3v) is 3.71. The number of rotatable bonds is 0. The van der Waals surface area contributed by atoms with E-state index in [-0.39, 0.29) is 5.56 Å². The first-order valence-corrected chi connectivity index (χ1v) is 5.07. The maximum Gasteiger partial charge on any atom is 0.265 e. The summed E-state index contributed by atoms with van der Waals surface area (Å²) in [7, 11) is 0. The lowest BCUT2D eigenvalue weighted by atomic mass is 10.2. The molecule has 2 aromatic rings. The van der Waals surface area contributed by atoms with Gasteiger partial charge in [0.15, 0.2) is 0 Å². The smallest absolute Gasteiger partial charge is 0.265 e. The Morgan fingerprint density at radius 2 is 2.25 bits per heavy atom. The highest BCUT2D eigenvalue weighted by Crippen LogP contribution is 2.25. The van der Waals surface area contributed by atoms with E-state index in [0.717, 1.165) is 20.1 Å². The van der Waals surface area contributed by atoms with Crippen molar-refractivity contribution in [2.75, 3.05) is 0 Å². The second-order valence-electron chi connectivity index (χ2n) is 2.58. The molecule has 2 rings (SSSR count). The van der Waals surface area contributed by atoms with Gasteiger partial charge in [0.25, 0.3) is 5.56 Å². The second kappa shape index (κ2) is 2.71. The summed E-state index contributed by atoms with van der Waals surface area (Å²) in [5.74, 6) is 0. The van der Waals surface area contributed by atoms with Gasteiger partial charge in [0.2, 0.25) is 0 Å². The van der Waals surface area contributed by atoms with Crippen LogP contribution in [-0.4, -0.2) is 4.37 Å². The monoisotopic (exact) mass is 243 g/mol. The van der Waals surface area contributed by atoms with Crippen molar-refractivity contribution in [3.63, 3.8) is 0 Å². The fraction of sp³-hybridized carbons (Fsp3) is 0.125. The molecule has 0 spiro atoms. The molecule has 12 heavy (non-hydrogen) atoms. The summed E-state index contributed by atoms with van der Waals surface area (Å²) in [6.07, 6.45) is 0. The molecule has 0 aliphatic rings. The molecule has 0 aliphatic heterocycles. The maximum atomic E-state index is 11.2. The van der Waals surface area contributed by atoms with Crippen molar-refractivity contribution >= 4 is 37.5 Å². The number of halogens is 1. The van der Waals surface area contributed by atoms with E-state index in [9.17, 15) is 4.79 Å². The van der Waals surface area contributed by atoms with Crippen LogP contribution in [0.15, 0.2) is 21.4 Å². The van der Waals surface area contributed by atoms with Gasteiger partial charge in [0.05, 0.1) is 10.1 Å². The van der Waals surface area contributed by atoms with Crippen LogP contribution in [0.5, 0.6) is 0 Å². The van der Waals surface area contributed by atoms with Crippen molar-refractivity contribution in [2.24, 2.45) is 0 Å². The summed E-state index contributed by atoms with van der Waals surface area (Å²) in [5, 5.41) is 0.778. The number of nitrogens with one attached hydrogen (secondary N) is 1. The highest BCUT2D eigenvalue weighted by atomic mass is 79.9. The van der Waals surface area contributed by atoms with Crippen LogP contribution >= 0.6 is 27.5 Å². The van der Waals surface area contributed by atoms with Gasteiger partial charge < -0.3 is 0 Å². The van der Waals surface area contributed by atoms with Crippen LogP contribution in [0, 0.1) is 6.92 Å². The topological polar surface area (TPSA) is 32.9 Å². The average Bonchev–Trinajstić information content (AvgIpc) is 2.41. The number of aromatic amines is 1. The molecule has 0 atom stereocenters. The van der Waals surface area contributed by atoms with E-state index in [1.165, 1.54) is 11.5 Å². The predicted molar refractivity (Wildman–Crippen MR) is 54.9 cm³/mol. The van der Waals surface area contributed by atoms with E-state index in [4.69, 9.17) is 0 Å². The minimum absolute atomic E-state index is 0.00519. The van der Waals surface area contributed by atoms with Crippen molar-refractivity contribution in [1.82, 2.24) is 4.37 Å². The van der Waals surface area contributed by atoms with Crippen LogP contribution in [-0.2, 0) is 0 Å². The molecule has 2 nitrogen and oxygen atoms in total. The van der Waals surface area contributed by atoms with Crippen LogP contribution in [0.4, 0.5) is 0 Å². The summed E-state index contributed by atoms with van der Waals surface area (Å²) in [6.45, 7) is 2.00. The molecule has 4 heteroatoms. The summed E-state index contributed by atoms with van der Waals surface area (Å²) >= 11 is 4.80. The summed E-state index contributed by atoms with van der Waals surface area (Å²) in [6, 6.07) is 3.74. The molecule has 0 amide bonds. The summed E-state index contributed by atoms with van der Waals surface area (Å²) in [5.41, 5.74) is 1.13. The Bertz CT molecular complexity index is 485. The zero-order valence-corrected chi connectivity index (χ0v) is 8.75. The second-order valence-corrected chi connectivity index (χ2v) is 4.25. The van der Waals surface area contributed by atoms with Gasteiger partial charge in [0.1, 0.15) is 0 Å². The molecule has 0 bridgehead atoms. The molecule has 1 aromatic heterocycles. The number of H-pyrrole nitrogens is 1. The van der Waals surface area contributed by atoms with Gasteiger partial charge in [-0.3, -0.25) is 9.17 Å². The number of benzene rings is 1. The lowest BCUT2D eigenvalue weighted by Gasteiger charge is -1.96. The van der Waals surface area contributed by atoms with Crippen molar-refractivity contribution in [3.8, 4) is 0 Å². The van der Waals surface area contributed by atoms with Crippen molar-refractivity contribution < 1.29 is 0 Å². The Hall–Kier alpha value is -0.610. The minimum atomic E-state index is 0.00519. The Morgan fingerprint density at radius 3 is 3.00 bits per heavy atom. The first kappa shape index (κ1) is 8.01. The first-order chi connectivity index (χ1) is 5.70. The number of aryl methyl sites for hydroxylation is 1. The molecule has 1 aromatic carbocycles. The fourth-order valence-electron chi connectivity index (χ4n) is 1.13. The van der Waals surface area contributed by atoms with Gasteiger partial charge in [-0.15, -0.1) is 0 Å². The average molecular weight is 244 g/mol. The first-order valence-electron chi connectivity index (χ1n) is 3.46. The number of fused-ring (bicyclic) bond motifs is 1. The highest BCUT2D eigenvalue weighted by molar-refractivity contribution is 9.10. The molecule has 0 saturated carbocycles.